The van der Waals surface area contributed by atoms with Crippen LogP contribution in [0, 0.1) is 5.82 Å². The molecule has 2 aliphatic rings. The van der Waals surface area contributed by atoms with Crippen molar-refractivity contribution in [3.63, 3.8) is 0 Å². The minimum atomic E-state index is -0.423. The standard InChI is InChI=1S/C19H22ClFN6O/c20-16-2-1-15(11-17(16)21)27-6-3-14(13-27)24-19(28)26-9-7-25(8-10-26)18-12-22-4-5-23-18/h1-2,4-5,11-12,14H,3,6-10,13H2,(H,24,28). The lowest BCUT2D eigenvalue weighted by Crippen LogP contribution is -2.54. The van der Waals surface area contributed by atoms with Crippen molar-refractivity contribution in [3.05, 3.63) is 47.6 Å². The summed E-state index contributed by atoms with van der Waals surface area (Å²) in [5.41, 5.74) is 0.788. The van der Waals surface area contributed by atoms with Crippen LogP contribution in [0.2, 0.25) is 5.02 Å². The maximum Gasteiger partial charge on any atom is 0.317 e. The second kappa shape index (κ2) is 8.18. The molecule has 0 saturated carbocycles. The molecule has 4 rings (SSSR count). The number of anilines is 2. The van der Waals surface area contributed by atoms with E-state index < -0.39 is 5.82 Å². The summed E-state index contributed by atoms with van der Waals surface area (Å²) in [4.78, 5) is 27.0. The largest absolute Gasteiger partial charge is 0.369 e. The van der Waals surface area contributed by atoms with Gasteiger partial charge in [-0.1, -0.05) is 11.6 Å². The van der Waals surface area contributed by atoms with Gasteiger partial charge in [0.1, 0.15) is 11.6 Å². The number of amides is 2. The first-order valence-electron chi connectivity index (χ1n) is 9.36. The molecule has 0 bridgehead atoms. The molecule has 1 aromatic heterocycles. The van der Waals surface area contributed by atoms with Crippen molar-refractivity contribution in [3.8, 4) is 0 Å². The normalized spacial score (nSPS) is 19.8. The molecule has 0 aliphatic carbocycles. The average molecular weight is 405 g/mol. The maximum atomic E-state index is 13.7. The fourth-order valence-electron chi connectivity index (χ4n) is 3.65. The number of urea groups is 1. The lowest BCUT2D eigenvalue weighted by molar-refractivity contribution is 0.191. The van der Waals surface area contributed by atoms with E-state index in [2.05, 4.69) is 25.1 Å². The molecule has 3 heterocycles. The van der Waals surface area contributed by atoms with Crippen LogP contribution in [0.3, 0.4) is 0 Å². The Labute approximate surface area is 168 Å². The number of halogens is 2. The van der Waals surface area contributed by atoms with Gasteiger partial charge in [0, 0.05) is 63.4 Å². The topological polar surface area (TPSA) is 64.6 Å². The first kappa shape index (κ1) is 18.7. The van der Waals surface area contributed by atoms with E-state index in [0.717, 1.165) is 37.6 Å². The Morgan fingerprint density at radius 2 is 1.96 bits per heavy atom. The summed E-state index contributed by atoms with van der Waals surface area (Å²) in [5, 5.41) is 3.23. The molecule has 2 aromatic rings. The van der Waals surface area contributed by atoms with Crippen LogP contribution in [0.25, 0.3) is 0 Å². The molecule has 148 valence electrons. The maximum absolute atomic E-state index is 13.7. The molecule has 1 atom stereocenters. The number of nitrogens with one attached hydrogen (secondary N) is 1. The van der Waals surface area contributed by atoms with Crippen molar-refractivity contribution in [2.24, 2.45) is 0 Å². The third kappa shape index (κ3) is 4.11. The SMILES string of the molecule is O=C(NC1CCN(c2ccc(Cl)c(F)c2)C1)N1CCN(c2cnccn2)CC1. The van der Waals surface area contributed by atoms with Gasteiger partial charge in [-0.2, -0.15) is 0 Å². The quantitative estimate of drug-likeness (QED) is 0.850. The Morgan fingerprint density at radius 1 is 1.14 bits per heavy atom. The number of aromatic nitrogens is 2. The average Bonchev–Trinajstić information content (AvgIpc) is 3.19. The van der Waals surface area contributed by atoms with E-state index in [-0.39, 0.29) is 17.1 Å². The van der Waals surface area contributed by atoms with Crippen LogP contribution in [-0.2, 0) is 0 Å². The monoisotopic (exact) mass is 404 g/mol. The molecule has 9 heteroatoms. The van der Waals surface area contributed by atoms with Gasteiger partial charge < -0.3 is 20.0 Å². The fraction of sp³-hybridized carbons (Fsp3) is 0.421. The van der Waals surface area contributed by atoms with E-state index >= 15 is 0 Å². The zero-order chi connectivity index (χ0) is 19.5. The van der Waals surface area contributed by atoms with Crippen LogP contribution in [-0.4, -0.2) is 66.2 Å². The predicted molar refractivity (Wildman–Crippen MR) is 106 cm³/mol. The van der Waals surface area contributed by atoms with Crippen LogP contribution < -0.4 is 15.1 Å². The summed E-state index contributed by atoms with van der Waals surface area (Å²) in [6.07, 6.45) is 5.89. The Balaban J connectivity index is 1.27. The molecule has 1 N–H and O–H groups in total. The van der Waals surface area contributed by atoms with Gasteiger partial charge in [0.15, 0.2) is 0 Å². The lowest BCUT2D eigenvalue weighted by atomic mass is 10.2. The lowest BCUT2D eigenvalue weighted by Gasteiger charge is -2.35. The summed E-state index contributed by atoms with van der Waals surface area (Å²) in [5.74, 6) is 0.414. The molecular formula is C19H22ClFN6O. The fourth-order valence-corrected chi connectivity index (χ4v) is 3.77. The van der Waals surface area contributed by atoms with E-state index in [1.165, 1.54) is 6.07 Å². The number of rotatable bonds is 3. The van der Waals surface area contributed by atoms with Gasteiger partial charge in [0.05, 0.1) is 11.2 Å². The van der Waals surface area contributed by atoms with Gasteiger partial charge in [0.2, 0.25) is 0 Å². The van der Waals surface area contributed by atoms with Crippen molar-refractivity contribution in [2.45, 2.75) is 12.5 Å². The molecule has 28 heavy (non-hydrogen) atoms. The third-order valence-corrected chi connectivity index (χ3v) is 5.53. The van der Waals surface area contributed by atoms with Crippen LogP contribution >= 0.6 is 11.6 Å². The van der Waals surface area contributed by atoms with E-state index in [1.807, 2.05) is 4.90 Å². The molecule has 7 nitrogen and oxygen atoms in total. The number of carbonyl (C=O) groups is 1. The smallest absolute Gasteiger partial charge is 0.317 e. The third-order valence-electron chi connectivity index (χ3n) is 5.22. The molecule has 2 saturated heterocycles. The second-order valence-corrected chi connectivity index (χ2v) is 7.42. The highest BCUT2D eigenvalue weighted by molar-refractivity contribution is 6.30. The van der Waals surface area contributed by atoms with Crippen LogP contribution in [0.5, 0.6) is 0 Å². The second-order valence-electron chi connectivity index (χ2n) is 7.02. The number of nitrogens with zero attached hydrogens (tertiary/aromatic N) is 5. The number of hydrogen-bond acceptors (Lipinski definition) is 5. The van der Waals surface area contributed by atoms with Crippen molar-refractivity contribution in [2.75, 3.05) is 49.1 Å². The molecular weight excluding hydrogens is 383 g/mol. The minimum Gasteiger partial charge on any atom is -0.369 e. The van der Waals surface area contributed by atoms with Crippen molar-refractivity contribution in [1.82, 2.24) is 20.2 Å². The number of benzene rings is 1. The van der Waals surface area contributed by atoms with Crippen molar-refractivity contribution < 1.29 is 9.18 Å². The Kier molecular flexibility index (Phi) is 5.47. The van der Waals surface area contributed by atoms with Gasteiger partial charge in [0.25, 0.3) is 0 Å². The number of hydrogen-bond donors (Lipinski definition) is 1. The zero-order valence-electron chi connectivity index (χ0n) is 15.4. The van der Waals surface area contributed by atoms with Crippen LogP contribution in [0.4, 0.5) is 20.7 Å². The van der Waals surface area contributed by atoms with Crippen molar-refractivity contribution >= 4 is 29.1 Å². The van der Waals surface area contributed by atoms with Crippen molar-refractivity contribution in [1.29, 1.82) is 0 Å². The highest BCUT2D eigenvalue weighted by Gasteiger charge is 2.28. The molecule has 1 unspecified atom stereocenters. The predicted octanol–water partition coefficient (Wildman–Crippen LogP) is 2.38. The van der Waals surface area contributed by atoms with Gasteiger partial charge in [-0.3, -0.25) is 4.98 Å². The van der Waals surface area contributed by atoms with Gasteiger partial charge in [-0.25, -0.2) is 14.2 Å². The van der Waals surface area contributed by atoms with Gasteiger partial charge in [-0.05, 0) is 24.6 Å². The van der Waals surface area contributed by atoms with Crippen LogP contribution in [0.1, 0.15) is 6.42 Å². The molecule has 2 amide bonds. The molecule has 2 fully saturated rings. The van der Waals surface area contributed by atoms with E-state index in [1.54, 1.807) is 30.7 Å². The van der Waals surface area contributed by atoms with E-state index in [4.69, 9.17) is 11.6 Å². The first-order chi connectivity index (χ1) is 13.6. The first-order valence-corrected chi connectivity index (χ1v) is 9.74. The summed E-state index contributed by atoms with van der Waals surface area (Å²) in [6.45, 7) is 4.17. The number of piperazine rings is 1. The molecule has 0 radical (unpaired) electrons. The molecule has 1 aromatic carbocycles. The highest BCUT2D eigenvalue weighted by atomic mass is 35.5. The summed E-state index contributed by atoms with van der Waals surface area (Å²) < 4.78 is 13.7. The summed E-state index contributed by atoms with van der Waals surface area (Å²) >= 11 is 5.75. The summed E-state index contributed by atoms with van der Waals surface area (Å²) in [6, 6.07) is 4.81. The van der Waals surface area contributed by atoms with Crippen LogP contribution in [0.15, 0.2) is 36.8 Å². The van der Waals surface area contributed by atoms with Gasteiger partial charge in [-0.15, -0.1) is 0 Å². The molecule has 0 spiro atoms. The Hall–Kier alpha value is -2.61. The van der Waals surface area contributed by atoms with E-state index in [9.17, 15) is 9.18 Å². The summed E-state index contributed by atoms with van der Waals surface area (Å²) in [7, 11) is 0. The Bertz CT molecular complexity index is 830. The minimum absolute atomic E-state index is 0.0456. The number of carbonyl (C=O) groups excluding carboxylic acids is 1. The van der Waals surface area contributed by atoms with Gasteiger partial charge >= 0.3 is 6.03 Å². The molecule has 2 aliphatic heterocycles. The highest BCUT2D eigenvalue weighted by Crippen LogP contribution is 2.25. The Morgan fingerprint density at radius 3 is 2.68 bits per heavy atom. The zero-order valence-corrected chi connectivity index (χ0v) is 16.1. The van der Waals surface area contributed by atoms with E-state index in [0.29, 0.717) is 19.6 Å².